The van der Waals surface area contributed by atoms with Gasteiger partial charge in [0.15, 0.2) is 5.76 Å². The highest BCUT2D eigenvalue weighted by Crippen LogP contribution is 2.54. The number of fused-ring (bicyclic) bond motifs is 2. The number of carbonyl (C=O) groups excluding carboxylic acids is 2. The van der Waals surface area contributed by atoms with Gasteiger partial charge in [0.25, 0.3) is 0 Å². The lowest BCUT2D eigenvalue weighted by Gasteiger charge is -2.51. The number of rotatable bonds is 1. The van der Waals surface area contributed by atoms with Crippen molar-refractivity contribution in [1.82, 2.24) is 0 Å². The second-order valence-corrected chi connectivity index (χ2v) is 6.71. The van der Waals surface area contributed by atoms with Crippen LogP contribution in [-0.4, -0.2) is 25.0 Å². The number of methoxy groups -OCH3 is 1. The average Bonchev–Trinajstić information content (AvgIpc) is 2.42. The summed E-state index contributed by atoms with van der Waals surface area (Å²) in [5.74, 6) is 1.37. The molecule has 3 aliphatic rings. The van der Waals surface area contributed by atoms with Crippen LogP contribution in [-0.2, 0) is 19.1 Å². The number of ether oxygens (including phenoxy) is 2. The van der Waals surface area contributed by atoms with E-state index in [-0.39, 0.29) is 35.1 Å². The van der Waals surface area contributed by atoms with Crippen molar-refractivity contribution < 1.29 is 19.1 Å². The number of carbonyl (C=O) groups is 2. The van der Waals surface area contributed by atoms with Crippen LogP contribution in [0.3, 0.4) is 0 Å². The van der Waals surface area contributed by atoms with E-state index in [0.717, 1.165) is 19.3 Å². The standard InChI is InChI=1S/C16H22O4/c1-9-6-13(19-3)15(18)16(2)8-10-4-5-14(17)20-12(10)7-11(9)16/h6,9-12H,4-5,7-8H2,1-3H3/t9-,10+,11+,12-,16-/m0/s1. The molecule has 1 saturated carbocycles. The van der Waals surface area contributed by atoms with E-state index in [9.17, 15) is 9.59 Å². The van der Waals surface area contributed by atoms with Crippen molar-refractivity contribution in [2.75, 3.05) is 7.11 Å². The molecule has 0 spiro atoms. The number of hydrogen-bond acceptors (Lipinski definition) is 4. The zero-order chi connectivity index (χ0) is 14.5. The lowest BCUT2D eigenvalue weighted by molar-refractivity contribution is -0.171. The molecule has 0 aromatic rings. The van der Waals surface area contributed by atoms with Crippen molar-refractivity contribution in [1.29, 1.82) is 0 Å². The summed E-state index contributed by atoms with van der Waals surface area (Å²) in [5.41, 5.74) is -0.371. The number of Topliss-reactive ketones (excluding diaryl/α,β-unsaturated/α-hetero) is 1. The average molecular weight is 278 g/mol. The maximum Gasteiger partial charge on any atom is 0.306 e. The highest BCUT2D eigenvalue weighted by molar-refractivity contribution is 5.99. The number of esters is 1. The zero-order valence-electron chi connectivity index (χ0n) is 12.3. The molecule has 1 aliphatic heterocycles. The third-order valence-corrected chi connectivity index (χ3v) is 5.53. The highest BCUT2D eigenvalue weighted by atomic mass is 16.5. The van der Waals surface area contributed by atoms with Gasteiger partial charge in [0.2, 0.25) is 5.78 Å². The fourth-order valence-electron chi connectivity index (χ4n) is 4.42. The van der Waals surface area contributed by atoms with Gasteiger partial charge in [0, 0.05) is 11.8 Å². The van der Waals surface area contributed by atoms with Crippen LogP contribution in [0.4, 0.5) is 0 Å². The van der Waals surface area contributed by atoms with Gasteiger partial charge in [-0.05, 0) is 43.1 Å². The lowest BCUT2D eigenvalue weighted by atomic mass is 9.54. The van der Waals surface area contributed by atoms with Crippen LogP contribution in [0.15, 0.2) is 11.8 Å². The molecule has 0 N–H and O–H groups in total. The van der Waals surface area contributed by atoms with Gasteiger partial charge < -0.3 is 9.47 Å². The Morgan fingerprint density at radius 3 is 2.85 bits per heavy atom. The third-order valence-electron chi connectivity index (χ3n) is 5.53. The fraction of sp³-hybridized carbons (Fsp3) is 0.750. The Morgan fingerprint density at radius 2 is 2.15 bits per heavy atom. The van der Waals surface area contributed by atoms with E-state index < -0.39 is 0 Å². The van der Waals surface area contributed by atoms with Gasteiger partial charge >= 0.3 is 5.97 Å². The van der Waals surface area contributed by atoms with E-state index in [4.69, 9.17) is 9.47 Å². The molecule has 2 aliphatic carbocycles. The SMILES string of the molecule is COC1=C[C@H](C)[C@H]2C[C@@H]3OC(=O)CC[C@@H]3C[C@]2(C)C1=O. The van der Waals surface area contributed by atoms with E-state index in [1.807, 2.05) is 6.08 Å². The second kappa shape index (κ2) is 4.61. The summed E-state index contributed by atoms with van der Waals surface area (Å²) in [7, 11) is 1.56. The largest absolute Gasteiger partial charge is 0.493 e. The second-order valence-electron chi connectivity index (χ2n) is 6.71. The monoisotopic (exact) mass is 278 g/mol. The van der Waals surface area contributed by atoms with Crippen LogP contribution in [0.1, 0.15) is 39.5 Å². The summed E-state index contributed by atoms with van der Waals surface area (Å²) in [6.45, 7) is 4.19. The van der Waals surface area contributed by atoms with Crippen LogP contribution in [0.2, 0.25) is 0 Å². The molecule has 20 heavy (non-hydrogen) atoms. The van der Waals surface area contributed by atoms with Gasteiger partial charge in [-0.15, -0.1) is 0 Å². The van der Waals surface area contributed by atoms with Gasteiger partial charge in [-0.3, -0.25) is 9.59 Å². The normalized spacial score (nSPS) is 44.0. The molecular formula is C16H22O4. The molecule has 0 aromatic heterocycles. The van der Waals surface area contributed by atoms with Crippen molar-refractivity contribution in [3.8, 4) is 0 Å². The smallest absolute Gasteiger partial charge is 0.306 e. The highest BCUT2D eigenvalue weighted by Gasteiger charge is 2.55. The zero-order valence-corrected chi connectivity index (χ0v) is 12.3. The van der Waals surface area contributed by atoms with Crippen LogP contribution < -0.4 is 0 Å². The minimum atomic E-state index is -0.371. The van der Waals surface area contributed by atoms with Crippen LogP contribution in [0.25, 0.3) is 0 Å². The Labute approximate surface area is 119 Å². The molecular weight excluding hydrogens is 256 g/mol. The third kappa shape index (κ3) is 1.88. The summed E-state index contributed by atoms with van der Waals surface area (Å²) in [6.07, 6.45) is 4.87. The van der Waals surface area contributed by atoms with E-state index in [1.165, 1.54) is 0 Å². The van der Waals surface area contributed by atoms with Crippen LogP contribution >= 0.6 is 0 Å². The first kappa shape index (κ1) is 13.7. The molecule has 0 amide bonds. The molecule has 110 valence electrons. The van der Waals surface area contributed by atoms with E-state index in [1.54, 1.807) is 7.11 Å². The molecule has 0 aromatic carbocycles. The van der Waals surface area contributed by atoms with Crippen molar-refractivity contribution in [3.63, 3.8) is 0 Å². The first-order valence-corrected chi connectivity index (χ1v) is 7.46. The van der Waals surface area contributed by atoms with Crippen molar-refractivity contribution in [2.24, 2.45) is 23.2 Å². The Morgan fingerprint density at radius 1 is 1.40 bits per heavy atom. The van der Waals surface area contributed by atoms with Crippen molar-refractivity contribution in [2.45, 2.75) is 45.6 Å². The summed E-state index contributed by atoms with van der Waals surface area (Å²) >= 11 is 0. The first-order chi connectivity index (χ1) is 9.45. The number of hydrogen-bond donors (Lipinski definition) is 0. The summed E-state index contributed by atoms with van der Waals surface area (Å²) in [6, 6.07) is 0. The molecule has 0 bridgehead atoms. The maximum atomic E-state index is 12.7. The minimum absolute atomic E-state index is 0.00192. The molecule has 4 heteroatoms. The molecule has 1 heterocycles. The van der Waals surface area contributed by atoms with E-state index in [2.05, 4.69) is 13.8 Å². The minimum Gasteiger partial charge on any atom is -0.493 e. The van der Waals surface area contributed by atoms with Gasteiger partial charge in [-0.1, -0.05) is 13.8 Å². The van der Waals surface area contributed by atoms with Gasteiger partial charge in [0.1, 0.15) is 6.10 Å². The van der Waals surface area contributed by atoms with Crippen molar-refractivity contribution in [3.05, 3.63) is 11.8 Å². The number of ketones is 1. The summed E-state index contributed by atoms with van der Waals surface area (Å²) < 4.78 is 10.8. The van der Waals surface area contributed by atoms with Gasteiger partial charge in [-0.25, -0.2) is 0 Å². The quantitative estimate of drug-likeness (QED) is 0.691. The Balaban J connectivity index is 1.92. The molecule has 3 rings (SSSR count). The molecule has 1 saturated heterocycles. The molecule has 0 radical (unpaired) electrons. The number of allylic oxidation sites excluding steroid dienone is 2. The summed E-state index contributed by atoms with van der Waals surface area (Å²) in [5, 5.41) is 0. The predicted molar refractivity (Wildman–Crippen MR) is 72.7 cm³/mol. The summed E-state index contributed by atoms with van der Waals surface area (Å²) in [4.78, 5) is 24.2. The van der Waals surface area contributed by atoms with E-state index >= 15 is 0 Å². The lowest BCUT2D eigenvalue weighted by Crippen LogP contribution is -2.53. The first-order valence-electron chi connectivity index (χ1n) is 7.46. The predicted octanol–water partition coefficient (Wildman–Crippen LogP) is 2.47. The van der Waals surface area contributed by atoms with Gasteiger partial charge in [0.05, 0.1) is 7.11 Å². The van der Waals surface area contributed by atoms with E-state index in [0.29, 0.717) is 18.1 Å². The van der Waals surface area contributed by atoms with Crippen molar-refractivity contribution >= 4 is 11.8 Å². The molecule has 2 fully saturated rings. The molecule has 5 atom stereocenters. The maximum absolute atomic E-state index is 12.7. The van der Waals surface area contributed by atoms with Crippen LogP contribution in [0.5, 0.6) is 0 Å². The Kier molecular flexibility index (Phi) is 3.14. The Hall–Kier alpha value is -1.32. The fourth-order valence-corrected chi connectivity index (χ4v) is 4.42. The van der Waals surface area contributed by atoms with Crippen LogP contribution in [0, 0.1) is 23.2 Å². The Bertz CT molecular complexity index is 481. The topological polar surface area (TPSA) is 52.6 Å². The van der Waals surface area contributed by atoms with Gasteiger partial charge in [-0.2, -0.15) is 0 Å². The molecule has 4 nitrogen and oxygen atoms in total. The molecule has 0 unspecified atom stereocenters.